The summed E-state index contributed by atoms with van der Waals surface area (Å²) in [5.41, 5.74) is 4.79. The van der Waals surface area contributed by atoms with E-state index in [0.29, 0.717) is 40.5 Å². The van der Waals surface area contributed by atoms with Crippen LogP contribution in [0.1, 0.15) is 30.4 Å². The zero-order valence-electron chi connectivity index (χ0n) is 29.1. The Morgan fingerprint density at radius 2 is 1.57 bits per heavy atom. The average molecular weight is 809 g/mol. The van der Waals surface area contributed by atoms with Crippen molar-refractivity contribution in [2.45, 2.75) is 31.3 Å². The molecule has 0 atom stereocenters. The minimum absolute atomic E-state index is 0. The van der Waals surface area contributed by atoms with Crippen molar-refractivity contribution in [1.29, 1.82) is 0 Å². The maximum Gasteiger partial charge on any atom is 0.340 e. The highest BCUT2D eigenvalue weighted by atomic mass is 35.5. The van der Waals surface area contributed by atoms with Gasteiger partial charge in [-0.2, -0.15) is 0 Å². The fraction of sp³-hybridized carbons (Fsp3) is 0.225. The van der Waals surface area contributed by atoms with E-state index < -0.39 is 5.97 Å². The molecule has 10 nitrogen and oxygen atoms in total. The first-order chi connectivity index (χ1) is 25.4. The summed E-state index contributed by atoms with van der Waals surface area (Å²) in [5.74, 6) is 1.49. The van der Waals surface area contributed by atoms with Gasteiger partial charge in [0.2, 0.25) is 0 Å². The highest BCUT2D eigenvalue weighted by Gasteiger charge is 2.43. The van der Waals surface area contributed by atoms with Gasteiger partial charge < -0.3 is 31.9 Å². The van der Waals surface area contributed by atoms with Crippen LogP contribution in [-0.2, 0) is 16.8 Å². The molecule has 280 valence electrons. The highest BCUT2D eigenvalue weighted by Crippen LogP contribution is 2.46. The van der Waals surface area contributed by atoms with E-state index in [9.17, 15) is 4.79 Å². The highest BCUT2D eigenvalue weighted by molar-refractivity contribution is 6.35. The van der Waals surface area contributed by atoms with Crippen LogP contribution in [0.3, 0.4) is 0 Å². The Morgan fingerprint density at radius 3 is 2.24 bits per heavy atom. The van der Waals surface area contributed by atoms with Gasteiger partial charge in [0.15, 0.2) is 5.69 Å². The molecule has 4 heterocycles. The van der Waals surface area contributed by atoms with E-state index in [1.807, 2.05) is 113 Å². The quantitative estimate of drug-likeness (QED) is 0.164. The largest absolute Gasteiger partial charge is 1.00 e. The van der Waals surface area contributed by atoms with E-state index in [-0.39, 0.29) is 43.3 Å². The third-order valence-corrected chi connectivity index (χ3v) is 10.1. The molecule has 1 fully saturated rings. The van der Waals surface area contributed by atoms with Gasteiger partial charge in [0.05, 0.1) is 28.7 Å². The molecule has 4 aromatic carbocycles. The number of para-hydroxylation sites is 2. The lowest BCUT2D eigenvalue weighted by atomic mass is 9.74. The number of piperidine rings is 1. The Hall–Kier alpha value is -4.71. The first kappa shape index (κ1) is 40.5. The second kappa shape index (κ2) is 18.6. The molecule has 1 spiro atoms. The molecule has 0 radical (unpaired) electrons. The third kappa shape index (κ3) is 9.32. The molecule has 1 N–H and O–H groups in total. The summed E-state index contributed by atoms with van der Waals surface area (Å²) in [6.45, 7) is 3.25. The van der Waals surface area contributed by atoms with Gasteiger partial charge in [-0.1, -0.05) is 83.9 Å². The lowest BCUT2D eigenvalue weighted by Gasteiger charge is -2.38. The number of fused-ring (bicyclic) bond motifs is 2. The minimum atomic E-state index is -0.749. The zero-order valence-corrected chi connectivity index (χ0v) is 32.2. The molecule has 0 amide bonds. The SMILES string of the molecule is Cl.O=C(O)CCN1CCC2(CC1)COc1cc(OCc3c(Cl)ccnc3Cl)ccc12.[Cl-].c1ccc(-c2nn(-c3ccccc3)[n+](-c3ccccc3)n2)cc1. The van der Waals surface area contributed by atoms with Crippen LogP contribution in [-0.4, -0.2) is 62.2 Å². The van der Waals surface area contributed by atoms with Crippen molar-refractivity contribution >= 4 is 41.6 Å². The number of carboxylic acids is 1. The number of hydrogen-bond donors (Lipinski definition) is 1. The smallest absolute Gasteiger partial charge is 0.340 e. The number of ether oxygens (including phenoxy) is 2. The molecule has 0 unspecified atom stereocenters. The lowest BCUT2D eigenvalue weighted by molar-refractivity contribution is -0.734. The van der Waals surface area contributed by atoms with Crippen molar-refractivity contribution in [3.63, 3.8) is 0 Å². The van der Waals surface area contributed by atoms with Crippen molar-refractivity contribution in [1.82, 2.24) is 24.9 Å². The maximum atomic E-state index is 10.8. The van der Waals surface area contributed by atoms with Gasteiger partial charge in [-0.15, -0.1) is 12.4 Å². The van der Waals surface area contributed by atoms with Crippen molar-refractivity contribution < 1.29 is 36.6 Å². The van der Waals surface area contributed by atoms with Crippen LogP contribution in [0, 0.1) is 0 Å². The van der Waals surface area contributed by atoms with Crippen LogP contribution in [0.25, 0.3) is 22.8 Å². The van der Waals surface area contributed by atoms with E-state index in [4.69, 9.17) is 48.0 Å². The second-order valence-electron chi connectivity index (χ2n) is 12.7. The molecule has 2 aliphatic heterocycles. The number of pyridine rings is 1. The standard InChI is InChI=1S/C21H22Cl2N2O4.C19H15N4.2ClH/c22-17-3-7-24-20(23)15(17)12-28-14-1-2-16-18(11-14)29-13-21(16)5-9-25(10-6-21)8-4-19(26)27;1-4-10-16(11-5-1)19-20-22(17-12-6-2-7-13-17)23(21-19)18-14-8-3-9-15-18;;/h1-3,7,11H,4-6,8-10,12-13H2,(H,26,27);1-15H;2*1H/q;+1;;/p-1. The molecule has 54 heavy (non-hydrogen) atoms. The van der Waals surface area contributed by atoms with Crippen molar-refractivity contribution in [2.75, 3.05) is 26.2 Å². The summed E-state index contributed by atoms with van der Waals surface area (Å²) in [7, 11) is 0. The molecule has 2 aliphatic rings. The van der Waals surface area contributed by atoms with Gasteiger partial charge in [0, 0.05) is 40.1 Å². The molecular formula is C40H38Cl4N6O4. The van der Waals surface area contributed by atoms with Gasteiger partial charge in [0.1, 0.15) is 28.9 Å². The first-order valence-electron chi connectivity index (χ1n) is 17.1. The Labute approximate surface area is 336 Å². The van der Waals surface area contributed by atoms with Crippen LogP contribution in [0.2, 0.25) is 10.2 Å². The van der Waals surface area contributed by atoms with Gasteiger partial charge >= 0.3 is 11.8 Å². The van der Waals surface area contributed by atoms with Crippen molar-refractivity contribution in [3.05, 3.63) is 143 Å². The third-order valence-electron chi connectivity index (χ3n) is 9.38. The molecule has 2 aromatic heterocycles. The van der Waals surface area contributed by atoms with Crippen molar-refractivity contribution in [2.24, 2.45) is 0 Å². The number of carboxylic acid groups (broad SMARTS) is 1. The number of likely N-dealkylation sites (tertiary alicyclic amines) is 1. The topological polar surface area (TPSA) is 106 Å². The van der Waals surface area contributed by atoms with Gasteiger partial charge in [0.25, 0.3) is 0 Å². The molecule has 14 heteroatoms. The summed E-state index contributed by atoms with van der Waals surface area (Å²) in [6.07, 6.45) is 3.66. The zero-order chi connectivity index (χ0) is 35.9. The predicted octanol–water partition coefficient (Wildman–Crippen LogP) is 4.80. The molecule has 8 rings (SSSR count). The van der Waals surface area contributed by atoms with E-state index >= 15 is 0 Å². The number of halogens is 4. The summed E-state index contributed by atoms with van der Waals surface area (Å²) in [6, 6.07) is 37.7. The average Bonchev–Trinajstić information content (AvgIpc) is 3.78. The maximum absolute atomic E-state index is 10.8. The van der Waals surface area contributed by atoms with Crippen LogP contribution >= 0.6 is 35.6 Å². The number of carbonyl (C=O) groups is 1. The number of nitrogens with zero attached hydrogens (tertiary/aromatic N) is 6. The summed E-state index contributed by atoms with van der Waals surface area (Å²) < 4.78 is 11.9. The fourth-order valence-corrected chi connectivity index (χ4v) is 6.95. The van der Waals surface area contributed by atoms with Gasteiger partial charge in [-0.25, -0.2) is 4.98 Å². The molecule has 0 bridgehead atoms. The summed E-state index contributed by atoms with van der Waals surface area (Å²) in [5, 5.41) is 19.1. The minimum Gasteiger partial charge on any atom is -1.00 e. The monoisotopic (exact) mass is 806 g/mol. The molecule has 1 saturated heterocycles. The van der Waals surface area contributed by atoms with E-state index in [0.717, 1.165) is 48.6 Å². The Balaban J connectivity index is 0.000000205. The van der Waals surface area contributed by atoms with Crippen LogP contribution in [0.5, 0.6) is 11.5 Å². The lowest BCUT2D eigenvalue weighted by Crippen LogP contribution is -3.00. The summed E-state index contributed by atoms with van der Waals surface area (Å²) in [4.78, 5) is 20.7. The number of aliphatic carboxylic acids is 1. The van der Waals surface area contributed by atoms with Crippen LogP contribution in [0.15, 0.2) is 121 Å². The molecule has 0 aliphatic carbocycles. The normalized spacial score (nSPS) is 14.0. The van der Waals surface area contributed by atoms with Crippen LogP contribution < -0.4 is 26.7 Å². The van der Waals surface area contributed by atoms with Gasteiger partial charge in [-0.05, 0) is 84.4 Å². The van der Waals surface area contributed by atoms with E-state index in [1.165, 1.54) is 5.56 Å². The molecular weight excluding hydrogens is 770 g/mol. The number of aromatic nitrogens is 5. The Kier molecular flexibility index (Phi) is 13.9. The Morgan fingerprint density at radius 1 is 0.907 bits per heavy atom. The van der Waals surface area contributed by atoms with Crippen molar-refractivity contribution in [3.8, 4) is 34.3 Å². The number of benzene rings is 4. The predicted molar refractivity (Wildman–Crippen MR) is 206 cm³/mol. The number of rotatable bonds is 9. The second-order valence-corrected chi connectivity index (χ2v) is 13.5. The molecule has 0 saturated carbocycles. The summed E-state index contributed by atoms with van der Waals surface area (Å²) >= 11 is 12.3. The fourth-order valence-electron chi connectivity index (χ4n) is 6.49. The number of hydrogen-bond acceptors (Lipinski definition) is 7. The van der Waals surface area contributed by atoms with E-state index in [1.54, 1.807) is 12.3 Å². The Bertz CT molecular complexity index is 2060. The number of tetrazole rings is 1. The van der Waals surface area contributed by atoms with Crippen LogP contribution in [0.4, 0.5) is 0 Å². The molecule has 6 aromatic rings. The van der Waals surface area contributed by atoms with Gasteiger partial charge in [-0.3, -0.25) is 4.79 Å². The van der Waals surface area contributed by atoms with E-state index in [2.05, 4.69) is 16.0 Å². The first-order valence-corrected chi connectivity index (χ1v) is 17.8.